The van der Waals surface area contributed by atoms with Crippen LogP contribution >= 0.6 is 0 Å². The van der Waals surface area contributed by atoms with Crippen molar-refractivity contribution in [1.29, 1.82) is 0 Å². The second-order valence-corrected chi connectivity index (χ2v) is 6.14. The van der Waals surface area contributed by atoms with Gasteiger partial charge in [-0.3, -0.25) is 4.79 Å². The fourth-order valence-electron chi connectivity index (χ4n) is 3.34. The van der Waals surface area contributed by atoms with Gasteiger partial charge in [-0.25, -0.2) is 0 Å². The lowest BCUT2D eigenvalue weighted by atomic mass is 9.94. The summed E-state index contributed by atoms with van der Waals surface area (Å²) in [6.07, 6.45) is 11.6. The van der Waals surface area contributed by atoms with E-state index in [2.05, 4.69) is 5.32 Å². The number of rotatable bonds is 5. The maximum Gasteiger partial charge on any atom is 0.246 e. The zero-order chi connectivity index (χ0) is 13.6. The number of nitrogens with two attached hydrogens (primary N) is 1. The predicted molar refractivity (Wildman–Crippen MR) is 75.8 cm³/mol. The van der Waals surface area contributed by atoms with Crippen LogP contribution < -0.4 is 11.1 Å². The second-order valence-electron chi connectivity index (χ2n) is 6.14. The fourth-order valence-corrected chi connectivity index (χ4v) is 3.34. The van der Waals surface area contributed by atoms with E-state index >= 15 is 0 Å². The summed E-state index contributed by atoms with van der Waals surface area (Å²) in [5.41, 5.74) is 5.65. The monoisotopic (exact) mass is 268 g/mol. The summed E-state index contributed by atoms with van der Waals surface area (Å²) in [4.78, 5) is 11.9. The van der Waals surface area contributed by atoms with Crippen LogP contribution in [0.3, 0.4) is 0 Å². The molecule has 3 N–H and O–H groups in total. The Hall–Kier alpha value is -0.610. The van der Waals surface area contributed by atoms with Crippen LogP contribution in [-0.2, 0) is 9.53 Å². The molecule has 0 spiro atoms. The van der Waals surface area contributed by atoms with Gasteiger partial charge >= 0.3 is 0 Å². The average molecular weight is 268 g/mol. The van der Waals surface area contributed by atoms with Gasteiger partial charge in [0, 0.05) is 12.6 Å². The van der Waals surface area contributed by atoms with Crippen molar-refractivity contribution >= 4 is 5.91 Å². The summed E-state index contributed by atoms with van der Waals surface area (Å²) >= 11 is 0. The van der Waals surface area contributed by atoms with Gasteiger partial charge < -0.3 is 15.8 Å². The van der Waals surface area contributed by atoms with Gasteiger partial charge in [0.2, 0.25) is 5.91 Å². The highest BCUT2D eigenvalue weighted by Gasteiger charge is 2.31. The van der Waals surface area contributed by atoms with Crippen LogP contribution in [0.25, 0.3) is 0 Å². The summed E-state index contributed by atoms with van der Waals surface area (Å²) in [5.74, 6) is 0.0315. The first kappa shape index (κ1) is 14.8. The molecule has 0 aromatic heterocycles. The highest BCUT2D eigenvalue weighted by molar-refractivity contribution is 5.77. The predicted octanol–water partition coefficient (Wildman–Crippen LogP) is 2.11. The zero-order valence-corrected chi connectivity index (χ0v) is 12.0. The molecule has 0 saturated heterocycles. The highest BCUT2D eigenvalue weighted by atomic mass is 16.5. The molecule has 2 aliphatic rings. The van der Waals surface area contributed by atoms with Gasteiger partial charge in [-0.2, -0.15) is 0 Å². The summed E-state index contributed by atoms with van der Waals surface area (Å²) in [7, 11) is 0. The van der Waals surface area contributed by atoms with E-state index in [-0.39, 0.29) is 18.1 Å². The van der Waals surface area contributed by atoms with E-state index in [9.17, 15) is 4.79 Å². The van der Waals surface area contributed by atoms with Crippen LogP contribution in [-0.4, -0.2) is 30.7 Å². The molecule has 0 radical (unpaired) electrons. The van der Waals surface area contributed by atoms with Gasteiger partial charge in [0.05, 0.1) is 5.60 Å². The van der Waals surface area contributed by atoms with Gasteiger partial charge in [-0.1, -0.05) is 38.5 Å². The number of carbonyl (C=O) groups is 1. The maximum atomic E-state index is 11.9. The van der Waals surface area contributed by atoms with Crippen LogP contribution in [0.4, 0.5) is 0 Å². The first-order valence-electron chi connectivity index (χ1n) is 7.87. The molecule has 4 heteroatoms. The van der Waals surface area contributed by atoms with Crippen LogP contribution in [0.1, 0.15) is 64.2 Å². The molecule has 2 saturated carbocycles. The third-order valence-corrected chi connectivity index (χ3v) is 4.62. The summed E-state index contributed by atoms with van der Waals surface area (Å²) in [5, 5.41) is 3.07. The Kier molecular flexibility index (Phi) is 5.64. The number of hydrogen-bond acceptors (Lipinski definition) is 3. The van der Waals surface area contributed by atoms with Gasteiger partial charge in [-0.15, -0.1) is 0 Å². The van der Waals surface area contributed by atoms with Gasteiger partial charge in [0.25, 0.3) is 0 Å². The topological polar surface area (TPSA) is 64.3 Å². The van der Waals surface area contributed by atoms with E-state index < -0.39 is 0 Å². The molecule has 2 rings (SSSR count). The standard InChI is InChI=1S/C15H28N2O2/c16-12-15(9-5-1-2-6-10-15)19-11-14(18)17-13-7-3-4-8-13/h13H,1-12,16H2,(H,17,18). The van der Waals surface area contributed by atoms with Crippen LogP contribution in [0.15, 0.2) is 0 Å². The third kappa shape index (κ3) is 4.46. The molecule has 0 heterocycles. The largest absolute Gasteiger partial charge is 0.364 e. The number of hydrogen-bond donors (Lipinski definition) is 2. The van der Waals surface area contributed by atoms with Crippen molar-refractivity contribution in [3.8, 4) is 0 Å². The Labute approximate surface area is 116 Å². The molecular weight excluding hydrogens is 240 g/mol. The molecule has 19 heavy (non-hydrogen) atoms. The van der Waals surface area contributed by atoms with Gasteiger partial charge in [0.15, 0.2) is 0 Å². The molecule has 1 amide bonds. The Morgan fingerprint density at radius 1 is 1.11 bits per heavy atom. The molecule has 4 nitrogen and oxygen atoms in total. The number of amides is 1. The fraction of sp³-hybridized carbons (Fsp3) is 0.933. The number of nitrogens with one attached hydrogen (secondary N) is 1. The molecule has 0 atom stereocenters. The van der Waals surface area contributed by atoms with E-state index in [1.54, 1.807) is 0 Å². The van der Waals surface area contributed by atoms with Crippen molar-refractivity contribution in [2.45, 2.75) is 75.9 Å². The number of carbonyl (C=O) groups excluding carboxylic acids is 1. The van der Waals surface area contributed by atoms with E-state index in [1.165, 1.54) is 38.5 Å². The van der Waals surface area contributed by atoms with E-state index in [1.807, 2.05) is 0 Å². The van der Waals surface area contributed by atoms with Crippen molar-refractivity contribution in [3.63, 3.8) is 0 Å². The van der Waals surface area contributed by atoms with Crippen molar-refractivity contribution in [1.82, 2.24) is 5.32 Å². The Balaban J connectivity index is 1.76. The quantitative estimate of drug-likeness (QED) is 0.751. The van der Waals surface area contributed by atoms with Crippen LogP contribution in [0.2, 0.25) is 0 Å². The molecule has 110 valence electrons. The normalized spacial score (nSPS) is 24.1. The van der Waals surface area contributed by atoms with E-state index in [0.29, 0.717) is 12.6 Å². The lowest BCUT2D eigenvalue weighted by molar-refractivity contribution is -0.134. The molecule has 0 bridgehead atoms. The minimum atomic E-state index is -0.247. The summed E-state index contributed by atoms with van der Waals surface area (Å²) in [6, 6.07) is 0.374. The van der Waals surface area contributed by atoms with Crippen molar-refractivity contribution in [2.24, 2.45) is 5.73 Å². The molecule has 0 aromatic rings. The maximum absolute atomic E-state index is 11.9. The van der Waals surface area contributed by atoms with Crippen LogP contribution in [0.5, 0.6) is 0 Å². The minimum Gasteiger partial charge on any atom is -0.364 e. The van der Waals surface area contributed by atoms with Gasteiger partial charge in [0.1, 0.15) is 6.61 Å². The third-order valence-electron chi connectivity index (χ3n) is 4.62. The van der Waals surface area contributed by atoms with E-state index in [0.717, 1.165) is 25.7 Å². The van der Waals surface area contributed by atoms with Crippen LogP contribution in [0, 0.1) is 0 Å². The molecule has 0 aliphatic heterocycles. The summed E-state index contributed by atoms with van der Waals surface area (Å²) < 4.78 is 5.93. The Morgan fingerprint density at radius 3 is 2.32 bits per heavy atom. The second kappa shape index (κ2) is 7.25. The molecule has 0 unspecified atom stereocenters. The molecular formula is C15H28N2O2. The molecule has 2 aliphatic carbocycles. The Morgan fingerprint density at radius 2 is 1.74 bits per heavy atom. The van der Waals surface area contributed by atoms with Crippen molar-refractivity contribution < 1.29 is 9.53 Å². The highest BCUT2D eigenvalue weighted by Crippen LogP contribution is 2.29. The SMILES string of the molecule is NCC1(OCC(=O)NC2CCCC2)CCCCCC1. The lowest BCUT2D eigenvalue weighted by Gasteiger charge is -2.31. The van der Waals surface area contributed by atoms with E-state index in [4.69, 9.17) is 10.5 Å². The minimum absolute atomic E-state index is 0.0315. The lowest BCUT2D eigenvalue weighted by Crippen LogP contribution is -2.44. The molecule has 0 aromatic carbocycles. The Bertz CT molecular complexity index is 280. The average Bonchev–Trinajstić information content (AvgIpc) is 2.80. The molecule has 2 fully saturated rings. The van der Waals surface area contributed by atoms with Gasteiger partial charge in [-0.05, 0) is 25.7 Å². The first-order valence-corrected chi connectivity index (χ1v) is 7.87. The smallest absolute Gasteiger partial charge is 0.246 e. The number of ether oxygens (including phenoxy) is 1. The first-order chi connectivity index (χ1) is 9.24. The summed E-state index contributed by atoms with van der Waals surface area (Å²) in [6.45, 7) is 0.706. The van der Waals surface area contributed by atoms with Crippen molar-refractivity contribution in [3.05, 3.63) is 0 Å². The van der Waals surface area contributed by atoms with Crippen molar-refractivity contribution in [2.75, 3.05) is 13.2 Å². The zero-order valence-electron chi connectivity index (χ0n) is 12.0.